The lowest BCUT2D eigenvalue weighted by molar-refractivity contribution is 0.174. The summed E-state index contributed by atoms with van der Waals surface area (Å²) in [6.07, 6.45) is 4.74. The number of nitrogens with two attached hydrogens (primary N) is 1. The van der Waals surface area contributed by atoms with Gasteiger partial charge in [-0.25, -0.2) is 0 Å². The van der Waals surface area contributed by atoms with Crippen LogP contribution < -0.4 is 10.5 Å². The molecular weight excluding hydrogens is 248 g/mol. The summed E-state index contributed by atoms with van der Waals surface area (Å²) in [5.74, 6) is 1.81. The molecule has 1 fully saturated rings. The zero-order valence-electron chi connectivity index (χ0n) is 12.5. The molecule has 0 aliphatic carbocycles. The molecule has 3 nitrogen and oxygen atoms in total. The van der Waals surface area contributed by atoms with Crippen LogP contribution in [-0.4, -0.2) is 37.2 Å². The van der Waals surface area contributed by atoms with Crippen LogP contribution in [0, 0.1) is 5.92 Å². The molecule has 3 rings (SSSR count). The minimum absolute atomic E-state index is 0.355. The highest BCUT2D eigenvalue weighted by atomic mass is 16.5. The average Bonchev–Trinajstić information content (AvgIpc) is 2.93. The molecule has 1 aromatic carbocycles. The van der Waals surface area contributed by atoms with Crippen molar-refractivity contribution in [2.45, 2.75) is 38.6 Å². The fourth-order valence-electron chi connectivity index (χ4n) is 3.38. The molecule has 20 heavy (non-hydrogen) atoms. The van der Waals surface area contributed by atoms with Gasteiger partial charge in [0.1, 0.15) is 5.75 Å². The van der Waals surface area contributed by atoms with Crippen molar-refractivity contribution in [3.05, 3.63) is 29.3 Å². The first kappa shape index (κ1) is 13.9. The Hall–Kier alpha value is -1.06. The molecular formula is C17H26N2O. The van der Waals surface area contributed by atoms with Gasteiger partial charge in [-0.05, 0) is 62.4 Å². The van der Waals surface area contributed by atoms with Crippen LogP contribution in [0.2, 0.25) is 0 Å². The lowest BCUT2D eigenvalue weighted by Gasteiger charge is -2.33. The number of piperidine rings is 1. The molecule has 0 aromatic heterocycles. The summed E-state index contributed by atoms with van der Waals surface area (Å²) in [5, 5.41) is 0. The second-order valence-electron chi connectivity index (χ2n) is 6.33. The Morgan fingerprint density at radius 3 is 2.90 bits per heavy atom. The van der Waals surface area contributed by atoms with Crippen molar-refractivity contribution in [3.63, 3.8) is 0 Å². The van der Waals surface area contributed by atoms with Gasteiger partial charge in [0.05, 0.1) is 6.61 Å². The maximum Gasteiger partial charge on any atom is 0.122 e. The van der Waals surface area contributed by atoms with Gasteiger partial charge in [-0.1, -0.05) is 12.1 Å². The minimum atomic E-state index is 0.355. The highest BCUT2D eigenvalue weighted by Gasteiger charge is 2.21. The number of fused-ring (bicyclic) bond motifs is 1. The van der Waals surface area contributed by atoms with E-state index in [2.05, 4.69) is 30.0 Å². The van der Waals surface area contributed by atoms with Crippen LogP contribution in [-0.2, 0) is 12.8 Å². The van der Waals surface area contributed by atoms with Crippen LogP contribution in [0.25, 0.3) is 0 Å². The van der Waals surface area contributed by atoms with Crippen molar-refractivity contribution in [3.8, 4) is 5.75 Å². The van der Waals surface area contributed by atoms with Crippen molar-refractivity contribution in [2.24, 2.45) is 11.7 Å². The summed E-state index contributed by atoms with van der Waals surface area (Å²) < 4.78 is 5.56. The van der Waals surface area contributed by atoms with Crippen LogP contribution in [0.15, 0.2) is 18.2 Å². The molecule has 0 spiro atoms. The Morgan fingerprint density at radius 1 is 1.35 bits per heavy atom. The van der Waals surface area contributed by atoms with E-state index in [1.807, 2.05) is 0 Å². The van der Waals surface area contributed by atoms with Crippen molar-refractivity contribution < 1.29 is 4.74 Å². The van der Waals surface area contributed by atoms with Crippen molar-refractivity contribution in [2.75, 3.05) is 26.2 Å². The third-order valence-electron chi connectivity index (χ3n) is 4.85. The third-order valence-corrected chi connectivity index (χ3v) is 4.85. The normalized spacial score (nSPS) is 21.5. The van der Waals surface area contributed by atoms with Gasteiger partial charge in [0.25, 0.3) is 0 Å². The van der Waals surface area contributed by atoms with E-state index in [-0.39, 0.29) is 0 Å². The van der Waals surface area contributed by atoms with E-state index in [1.165, 1.54) is 43.6 Å². The molecule has 1 unspecified atom stereocenters. The van der Waals surface area contributed by atoms with Crippen molar-refractivity contribution in [1.82, 2.24) is 4.90 Å². The molecule has 2 N–H and O–H groups in total. The molecule has 0 radical (unpaired) electrons. The summed E-state index contributed by atoms with van der Waals surface area (Å²) >= 11 is 0. The molecule has 3 heteroatoms. The van der Waals surface area contributed by atoms with Gasteiger partial charge < -0.3 is 15.4 Å². The van der Waals surface area contributed by atoms with Crippen LogP contribution >= 0.6 is 0 Å². The van der Waals surface area contributed by atoms with E-state index in [0.29, 0.717) is 6.04 Å². The number of nitrogens with zero attached hydrogens (tertiary/aromatic N) is 1. The van der Waals surface area contributed by atoms with Gasteiger partial charge >= 0.3 is 0 Å². The van der Waals surface area contributed by atoms with E-state index >= 15 is 0 Å². The molecule has 1 aromatic rings. The predicted octanol–water partition coefficient (Wildman–Crippen LogP) is 2.22. The smallest absolute Gasteiger partial charge is 0.122 e. The first-order chi connectivity index (χ1) is 9.72. The third kappa shape index (κ3) is 3.15. The molecule has 0 saturated carbocycles. The molecule has 2 aliphatic rings. The lowest BCUT2D eigenvalue weighted by Crippen LogP contribution is -2.40. The Morgan fingerprint density at radius 2 is 2.15 bits per heavy atom. The van der Waals surface area contributed by atoms with Crippen molar-refractivity contribution in [1.29, 1.82) is 0 Å². The number of hydrogen-bond donors (Lipinski definition) is 1. The summed E-state index contributed by atoms with van der Waals surface area (Å²) in [5.41, 5.74) is 8.83. The predicted molar refractivity (Wildman–Crippen MR) is 82.2 cm³/mol. The summed E-state index contributed by atoms with van der Waals surface area (Å²) in [7, 11) is 0. The summed E-state index contributed by atoms with van der Waals surface area (Å²) in [4.78, 5) is 2.59. The highest BCUT2D eigenvalue weighted by Crippen LogP contribution is 2.26. The maximum atomic E-state index is 6.00. The average molecular weight is 274 g/mol. The van der Waals surface area contributed by atoms with E-state index in [0.717, 1.165) is 31.1 Å². The van der Waals surface area contributed by atoms with Gasteiger partial charge in [-0.3, -0.25) is 0 Å². The molecule has 2 aliphatic heterocycles. The maximum absolute atomic E-state index is 6.00. The molecule has 1 atom stereocenters. The van der Waals surface area contributed by atoms with E-state index in [9.17, 15) is 0 Å². The van der Waals surface area contributed by atoms with Gasteiger partial charge in [0.15, 0.2) is 0 Å². The number of hydrogen-bond acceptors (Lipinski definition) is 3. The van der Waals surface area contributed by atoms with Gasteiger partial charge in [0, 0.05) is 19.0 Å². The number of rotatable bonds is 4. The summed E-state index contributed by atoms with van der Waals surface area (Å²) in [6, 6.07) is 7.05. The SMILES string of the molecule is CC(N)C1CCN(CCc2ccc3c(c2)CCO3)CC1. The zero-order chi connectivity index (χ0) is 13.9. The monoisotopic (exact) mass is 274 g/mol. The Balaban J connectivity index is 1.48. The van der Waals surface area contributed by atoms with Crippen LogP contribution in [0.4, 0.5) is 0 Å². The zero-order valence-corrected chi connectivity index (χ0v) is 12.5. The van der Waals surface area contributed by atoms with Crippen LogP contribution in [0.5, 0.6) is 5.75 Å². The number of benzene rings is 1. The van der Waals surface area contributed by atoms with Crippen LogP contribution in [0.3, 0.4) is 0 Å². The molecule has 110 valence electrons. The van der Waals surface area contributed by atoms with Crippen LogP contribution in [0.1, 0.15) is 30.9 Å². The molecule has 1 saturated heterocycles. The van der Waals surface area contributed by atoms with E-state index in [4.69, 9.17) is 10.5 Å². The van der Waals surface area contributed by atoms with Crippen molar-refractivity contribution >= 4 is 0 Å². The molecule has 2 heterocycles. The fraction of sp³-hybridized carbons (Fsp3) is 0.647. The summed E-state index contributed by atoms with van der Waals surface area (Å²) in [6.45, 7) is 6.59. The quantitative estimate of drug-likeness (QED) is 0.915. The highest BCUT2D eigenvalue weighted by molar-refractivity contribution is 5.39. The molecule has 0 bridgehead atoms. The van der Waals surface area contributed by atoms with Gasteiger partial charge in [0.2, 0.25) is 0 Å². The van der Waals surface area contributed by atoms with E-state index in [1.54, 1.807) is 0 Å². The Labute approximate surface area is 122 Å². The second-order valence-corrected chi connectivity index (χ2v) is 6.33. The first-order valence-electron chi connectivity index (χ1n) is 7.95. The number of ether oxygens (including phenoxy) is 1. The Kier molecular flexibility index (Phi) is 4.27. The van der Waals surface area contributed by atoms with Gasteiger partial charge in [-0.15, -0.1) is 0 Å². The largest absolute Gasteiger partial charge is 0.493 e. The Bertz CT molecular complexity index is 450. The molecule has 0 amide bonds. The number of likely N-dealkylation sites (tertiary alicyclic amines) is 1. The topological polar surface area (TPSA) is 38.5 Å². The van der Waals surface area contributed by atoms with E-state index < -0.39 is 0 Å². The lowest BCUT2D eigenvalue weighted by atomic mass is 9.91. The fourth-order valence-corrected chi connectivity index (χ4v) is 3.38. The minimum Gasteiger partial charge on any atom is -0.493 e. The first-order valence-corrected chi connectivity index (χ1v) is 7.95. The standard InChI is InChI=1S/C17H26N2O/c1-13(18)15-5-9-19(10-6-15)8-4-14-2-3-17-16(12-14)7-11-20-17/h2-3,12-13,15H,4-11,18H2,1H3. The van der Waals surface area contributed by atoms with Gasteiger partial charge in [-0.2, -0.15) is 0 Å². The second kappa shape index (κ2) is 6.15.